The van der Waals surface area contributed by atoms with Crippen LogP contribution in [-0.4, -0.2) is 40.0 Å². The lowest BCUT2D eigenvalue weighted by Gasteiger charge is -2.36. The molecule has 0 unspecified atom stereocenters. The van der Waals surface area contributed by atoms with Gasteiger partial charge in [-0.3, -0.25) is 4.79 Å². The summed E-state index contributed by atoms with van der Waals surface area (Å²) in [5.74, 6) is 2.00. The number of fused-ring (bicyclic) bond motifs is 1. The Hall–Kier alpha value is -3.19. The Kier molecular flexibility index (Phi) is 5.57. The third-order valence-electron chi connectivity index (χ3n) is 7.34. The predicted octanol–water partition coefficient (Wildman–Crippen LogP) is 4.74. The van der Waals surface area contributed by atoms with Gasteiger partial charge in [-0.2, -0.15) is 0 Å². The van der Waals surface area contributed by atoms with Crippen LogP contribution in [0.15, 0.2) is 48.7 Å². The topological polar surface area (TPSA) is 72.3 Å². The van der Waals surface area contributed by atoms with Crippen LogP contribution in [0.4, 0.5) is 5.69 Å². The van der Waals surface area contributed by atoms with E-state index in [0.29, 0.717) is 6.04 Å². The molecule has 7 nitrogen and oxygen atoms in total. The second-order valence-corrected chi connectivity index (χ2v) is 9.79. The number of ether oxygens (including phenoxy) is 1. The lowest BCUT2D eigenvalue weighted by molar-refractivity contribution is -0.120. The van der Waals surface area contributed by atoms with Crippen LogP contribution in [0.3, 0.4) is 0 Å². The third-order valence-corrected chi connectivity index (χ3v) is 7.34. The minimum atomic E-state index is 0.177. The lowest BCUT2D eigenvalue weighted by Crippen LogP contribution is -2.43. The molecular weight excluding hydrogens is 426 g/mol. The van der Waals surface area contributed by atoms with Gasteiger partial charge in [0.2, 0.25) is 5.91 Å². The fourth-order valence-electron chi connectivity index (χ4n) is 5.24. The van der Waals surface area contributed by atoms with Gasteiger partial charge in [-0.05, 0) is 82.8 Å². The average molecular weight is 458 g/mol. The summed E-state index contributed by atoms with van der Waals surface area (Å²) < 4.78 is 8.54. The van der Waals surface area contributed by atoms with Crippen molar-refractivity contribution in [1.82, 2.24) is 20.3 Å². The number of anilines is 1. The molecule has 3 aliphatic rings. The summed E-state index contributed by atoms with van der Waals surface area (Å²) in [5.41, 5.74) is 3.81. The van der Waals surface area contributed by atoms with E-state index in [1.807, 2.05) is 46.1 Å². The Balaban J connectivity index is 1.43. The summed E-state index contributed by atoms with van der Waals surface area (Å²) in [6, 6.07) is 14.6. The maximum atomic E-state index is 13.2. The second kappa shape index (κ2) is 8.87. The number of aromatic nitrogens is 3. The number of nitrogens with one attached hydrogen (secondary N) is 1. The summed E-state index contributed by atoms with van der Waals surface area (Å²) in [5, 5.41) is 12.4. The van der Waals surface area contributed by atoms with Gasteiger partial charge in [-0.25, -0.2) is 4.68 Å². The van der Waals surface area contributed by atoms with Crippen molar-refractivity contribution in [3.8, 4) is 22.8 Å². The van der Waals surface area contributed by atoms with Crippen LogP contribution in [0.2, 0.25) is 0 Å². The zero-order valence-corrected chi connectivity index (χ0v) is 19.6. The minimum Gasteiger partial charge on any atom is -0.456 e. The zero-order chi connectivity index (χ0) is 23.1. The summed E-state index contributed by atoms with van der Waals surface area (Å²) in [6.45, 7) is 4.16. The van der Waals surface area contributed by atoms with Crippen LogP contribution >= 0.6 is 0 Å². The summed E-state index contributed by atoms with van der Waals surface area (Å²) in [4.78, 5) is 15.2. The van der Waals surface area contributed by atoms with Crippen LogP contribution in [0.1, 0.15) is 50.6 Å². The van der Waals surface area contributed by atoms with Crippen LogP contribution in [0.25, 0.3) is 11.3 Å². The molecule has 0 radical (unpaired) electrons. The molecule has 7 heteroatoms. The molecule has 2 aromatic carbocycles. The molecule has 6 rings (SSSR count). The van der Waals surface area contributed by atoms with Crippen molar-refractivity contribution in [3.63, 3.8) is 0 Å². The molecule has 2 fully saturated rings. The average Bonchev–Trinajstić information content (AvgIpc) is 3.61. The molecular formula is C27H31N5O2. The monoisotopic (exact) mass is 457 g/mol. The largest absolute Gasteiger partial charge is 0.456 e. The molecule has 1 N–H and O–H groups in total. The molecule has 1 amide bonds. The maximum absolute atomic E-state index is 13.2. The molecule has 0 bridgehead atoms. The van der Waals surface area contributed by atoms with Gasteiger partial charge in [0.25, 0.3) is 0 Å². The first-order valence-corrected chi connectivity index (χ1v) is 12.5. The molecule has 3 aromatic rings. The highest BCUT2D eigenvalue weighted by molar-refractivity contribution is 5.99. The van der Waals surface area contributed by atoms with Gasteiger partial charge >= 0.3 is 0 Å². The zero-order valence-electron chi connectivity index (χ0n) is 19.6. The van der Waals surface area contributed by atoms with Gasteiger partial charge in [0, 0.05) is 23.1 Å². The Labute approximate surface area is 200 Å². The molecule has 2 aliphatic heterocycles. The lowest BCUT2D eigenvalue weighted by atomic mass is 9.92. The maximum Gasteiger partial charge on any atom is 0.230 e. The van der Waals surface area contributed by atoms with Crippen molar-refractivity contribution >= 4 is 11.6 Å². The Morgan fingerprint density at radius 1 is 1.03 bits per heavy atom. The number of amides is 1. The van der Waals surface area contributed by atoms with Crippen molar-refractivity contribution in [3.05, 3.63) is 54.2 Å². The third kappa shape index (κ3) is 3.98. The van der Waals surface area contributed by atoms with Gasteiger partial charge in [-0.1, -0.05) is 23.4 Å². The van der Waals surface area contributed by atoms with Crippen LogP contribution in [0, 0.1) is 5.92 Å². The number of hydrogen-bond acceptors (Lipinski definition) is 5. The summed E-state index contributed by atoms with van der Waals surface area (Å²) in [6.07, 6.45) is 7.94. The predicted molar refractivity (Wildman–Crippen MR) is 131 cm³/mol. The Bertz CT molecular complexity index is 1180. The van der Waals surface area contributed by atoms with Gasteiger partial charge in [0.15, 0.2) is 0 Å². The summed E-state index contributed by atoms with van der Waals surface area (Å²) >= 11 is 0. The number of rotatable bonds is 5. The number of piperidine rings is 1. The first-order chi connectivity index (χ1) is 16.7. The Morgan fingerprint density at radius 2 is 1.82 bits per heavy atom. The van der Waals surface area contributed by atoms with Crippen molar-refractivity contribution < 1.29 is 9.53 Å². The van der Waals surface area contributed by atoms with E-state index >= 15 is 0 Å². The van der Waals surface area contributed by atoms with Gasteiger partial charge in [0.05, 0.1) is 17.9 Å². The smallest absolute Gasteiger partial charge is 0.230 e. The molecule has 1 saturated heterocycles. The van der Waals surface area contributed by atoms with Crippen molar-refractivity contribution in [2.75, 3.05) is 18.0 Å². The van der Waals surface area contributed by atoms with E-state index < -0.39 is 0 Å². The first kappa shape index (κ1) is 21.4. The van der Waals surface area contributed by atoms with E-state index in [0.717, 1.165) is 85.6 Å². The molecule has 1 aliphatic carbocycles. The second-order valence-electron chi connectivity index (χ2n) is 9.79. The number of para-hydroxylation sites is 1. The fraction of sp³-hybridized carbons (Fsp3) is 0.444. The Morgan fingerprint density at radius 3 is 2.59 bits per heavy atom. The van der Waals surface area contributed by atoms with E-state index in [4.69, 9.17) is 4.74 Å². The van der Waals surface area contributed by atoms with E-state index in [1.54, 1.807) is 0 Å². The molecule has 3 heterocycles. The van der Waals surface area contributed by atoms with Gasteiger partial charge in [-0.15, -0.1) is 5.10 Å². The van der Waals surface area contributed by atoms with Gasteiger partial charge in [0.1, 0.15) is 17.2 Å². The van der Waals surface area contributed by atoms with Crippen molar-refractivity contribution in [2.24, 2.45) is 5.92 Å². The normalized spacial score (nSPS) is 20.7. The SMILES string of the molecule is C[C@H]1CCc2c(ccc(-c3cn(C4CCNCC4)nn3)c2Oc2ccccc2)N1C(=O)C1CC1. The standard InChI is InChI=1S/C27H31N5O2/c1-18-7-10-23-25(32(18)27(33)19-8-9-19)12-11-22(26(23)34-21-5-3-2-4-6-21)24-17-31(30-29-24)20-13-15-28-16-14-20/h2-6,11-12,17-20,28H,7-10,13-16H2,1H3/t18-/m0/s1. The number of carbonyl (C=O) groups excluding carboxylic acids is 1. The number of carbonyl (C=O) groups is 1. The molecule has 1 saturated carbocycles. The van der Waals surface area contributed by atoms with E-state index in [2.05, 4.69) is 34.7 Å². The highest BCUT2D eigenvalue weighted by atomic mass is 16.5. The highest BCUT2D eigenvalue weighted by Gasteiger charge is 2.39. The van der Waals surface area contributed by atoms with E-state index in [1.165, 1.54) is 0 Å². The quantitative estimate of drug-likeness (QED) is 0.599. The van der Waals surface area contributed by atoms with E-state index in [-0.39, 0.29) is 17.9 Å². The molecule has 1 aromatic heterocycles. The number of hydrogen-bond donors (Lipinski definition) is 1. The molecule has 176 valence electrons. The first-order valence-electron chi connectivity index (χ1n) is 12.5. The van der Waals surface area contributed by atoms with Crippen molar-refractivity contribution in [1.29, 1.82) is 0 Å². The van der Waals surface area contributed by atoms with E-state index in [9.17, 15) is 4.79 Å². The highest BCUT2D eigenvalue weighted by Crippen LogP contribution is 2.46. The molecule has 0 spiro atoms. The number of benzene rings is 2. The molecule has 34 heavy (non-hydrogen) atoms. The van der Waals surface area contributed by atoms with Crippen LogP contribution in [0.5, 0.6) is 11.5 Å². The van der Waals surface area contributed by atoms with Gasteiger partial charge < -0.3 is 15.0 Å². The fourth-order valence-corrected chi connectivity index (χ4v) is 5.24. The van der Waals surface area contributed by atoms with Crippen molar-refractivity contribution in [2.45, 2.75) is 57.5 Å². The summed E-state index contributed by atoms with van der Waals surface area (Å²) in [7, 11) is 0. The number of nitrogens with zero attached hydrogens (tertiary/aromatic N) is 4. The van der Waals surface area contributed by atoms with Crippen LogP contribution in [-0.2, 0) is 11.2 Å². The molecule has 1 atom stereocenters. The minimum absolute atomic E-state index is 0.177. The van der Waals surface area contributed by atoms with Crippen LogP contribution < -0.4 is 15.0 Å².